The Labute approximate surface area is 152 Å². The van der Waals surface area contributed by atoms with E-state index in [4.69, 9.17) is 19.5 Å². The summed E-state index contributed by atoms with van der Waals surface area (Å²) in [5, 5.41) is 9.59. The number of anilines is 1. The average Bonchev–Trinajstić information content (AvgIpc) is 2.49. The molecule has 0 aliphatic rings. The van der Waals surface area contributed by atoms with E-state index in [1.807, 2.05) is 13.8 Å². The van der Waals surface area contributed by atoms with Crippen molar-refractivity contribution in [1.82, 2.24) is 9.55 Å². The molecule has 0 bridgehead atoms. The third-order valence-corrected chi connectivity index (χ3v) is 4.33. The van der Waals surface area contributed by atoms with Crippen LogP contribution in [0.1, 0.15) is 40.3 Å². The molecule has 0 aliphatic carbocycles. The number of hydrogen-bond donors (Lipinski definition) is 3. The van der Waals surface area contributed by atoms with E-state index in [2.05, 4.69) is 4.98 Å². The summed E-state index contributed by atoms with van der Waals surface area (Å²) >= 11 is 0. The van der Waals surface area contributed by atoms with Gasteiger partial charge in [0.15, 0.2) is 6.23 Å². The van der Waals surface area contributed by atoms with Crippen molar-refractivity contribution in [2.45, 2.75) is 52.6 Å². The van der Waals surface area contributed by atoms with Gasteiger partial charge in [0.25, 0.3) is 0 Å². The first-order chi connectivity index (χ1) is 12.0. The number of nitrogens with zero attached hydrogens (tertiary/aromatic N) is 2. The Balaban J connectivity index is 2.87. The van der Waals surface area contributed by atoms with Gasteiger partial charge in [0.1, 0.15) is 5.82 Å². The molecular formula is C15H28N3O7P. The van der Waals surface area contributed by atoms with Gasteiger partial charge < -0.3 is 20.5 Å². The van der Waals surface area contributed by atoms with E-state index >= 15 is 0 Å². The maximum absolute atomic E-state index is 11.9. The first-order valence-corrected chi connectivity index (χ1v) is 9.80. The van der Waals surface area contributed by atoms with Crippen LogP contribution >= 0.6 is 7.82 Å². The molecule has 0 amide bonds. The zero-order valence-corrected chi connectivity index (χ0v) is 16.3. The highest BCUT2D eigenvalue weighted by Crippen LogP contribution is 2.44. The summed E-state index contributed by atoms with van der Waals surface area (Å²) in [4.78, 5) is 25.2. The minimum atomic E-state index is -4.23. The van der Waals surface area contributed by atoms with E-state index in [1.54, 1.807) is 13.8 Å². The van der Waals surface area contributed by atoms with Gasteiger partial charge in [-0.1, -0.05) is 13.8 Å². The van der Waals surface area contributed by atoms with Crippen LogP contribution < -0.4 is 11.4 Å². The third kappa shape index (κ3) is 7.94. The van der Waals surface area contributed by atoms with Gasteiger partial charge in [0.2, 0.25) is 0 Å². The fourth-order valence-corrected chi connectivity index (χ4v) is 3.17. The zero-order valence-electron chi connectivity index (χ0n) is 15.4. The highest BCUT2D eigenvalue weighted by Gasteiger charge is 2.27. The number of phosphoric acid groups is 1. The Bertz CT molecular complexity index is 665. The summed E-state index contributed by atoms with van der Waals surface area (Å²) < 4.78 is 28.5. The van der Waals surface area contributed by atoms with Gasteiger partial charge in [0.05, 0.1) is 25.4 Å². The van der Waals surface area contributed by atoms with Crippen LogP contribution in [0.3, 0.4) is 0 Å². The van der Waals surface area contributed by atoms with Crippen molar-refractivity contribution in [2.75, 3.05) is 18.9 Å². The van der Waals surface area contributed by atoms with E-state index in [0.717, 1.165) is 4.57 Å². The quantitative estimate of drug-likeness (QED) is 0.473. The Morgan fingerprint density at radius 3 is 2.50 bits per heavy atom. The average molecular weight is 393 g/mol. The lowest BCUT2D eigenvalue weighted by atomic mass is 10.1. The summed E-state index contributed by atoms with van der Waals surface area (Å²) in [6.45, 7) is 6.34. The summed E-state index contributed by atoms with van der Waals surface area (Å²) in [6, 6.07) is 1.40. The van der Waals surface area contributed by atoms with Crippen LogP contribution in [0.15, 0.2) is 17.1 Å². The van der Waals surface area contributed by atoms with Gasteiger partial charge in [-0.3, -0.25) is 13.6 Å². The second-order valence-electron chi connectivity index (χ2n) is 6.49. The monoisotopic (exact) mass is 393 g/mol. The van der Waals surface area contributed by atoms with E-state index in [0.29, 0.717) is 6.42 Å². The number of phosphoric ester groups is 1. The van der Waals surface area contributed by atoms with E-state index < -0.39 is 38.6 Å². The number of hydrogen-bond acceptors (Lipinski definition) is 8. The predicted octanol–water partition coefficient (Wildman–Crippen LogP) is 1.29. The molecule has 3 atom stereocenters. The van der Waals surface area contributed by atoms with Gasteiger partial charge in [-0.05, 0) is 32.3 Å². The maximum Gasteiger partial charge on any atom is 0.472 e. The van der Waals surface area contributed by atoms with Crippen molar-refractivity contribution < 1.29 is 28.3 Å². The van der Waals surface area contributed by atoms with Crippen molar-refractivity contribution in [1.29, 1.82) is 0 Å². The topological polar surface area (TPSA) is 146 Å². The smallest absolute Gasteiger partial charge is 0.392 e. The second-order valence-corrected chi connectivity index (χ2v) is 7.89. The number of aliphatic hydroxyl groups is 1. The first-order valence-electron chi connectivity index (χ1n) is 8.30. The molecule has 1 aromatic rings. The van der Waals surface area contributed by atoms with E-state index in [9.17, 15) is 19.4 Å². The SMILES string of the molecule is CC(C)C[C@H](COP(=O)(O)OC(C)C)O[C@H](CO)n1ccc(N)nc1=O. The number of ether oxygens (including phenoxy) is 1. The standard InChI is InChI=1S/C15H28N3O7P/c1-10(2)7-12(9-23-26(21,22)25-11(3)4)24-14(8-19)18-6-5-13(16)17-15(18)20/h5-6,10-12,14,19H,7-9H2,1-4H3,(H,21,22)(H2,16,17,20)/t12-,14-/m1/s1. The molecule has 0 spiro atoms. The van der Waals surface area contributed by atoms with Crippen molar-refractivity contribution >= 4 is 13.6 Å². The van der Waals surface area contributed by atoms with Gasteiger partial charge in [-0.25, -0.2) is 9.36 Å². The zero-order chi connectivity index (χ0) is 19.9. The molecule has 26 heavy (non-hydrogen) atoms. The number of aromatic nitrogens is 2. The molecule has 1 rings (SSSR count). The minimum absolute atomic E-state index is 0.0528. The van der Waals surface area contributed by atoms with Crippen LogP contribution in [0.25, 0.3) is 0 Å². The highest BCUT2D eigenvalue weighted by atomic mass is 31.2. The Kier molecular flexibility index (Phi) is 8.88. The lowest BCUT2D eigenvalue weighted by Crippen LogP contribution is -2.34. The van der Waals surface area contributed by atoms with Crippen molar-refractivity contribution in [3.63, 3.8) is 0 Å². The molecule has 1 aromatic heterocycles. The van der Waals surface area contributed by atoms with Gasteiger partial charge in [0, 0.05) is 6.20 Å². The number of nitrogen functional groups attached to an aromatic ring is 1. The molecule has 1 heterocycles. The summed E-state index contributed by atoms with van der Waals surface area (Å²) in [5.41, 5.74) is 4.77. The third-order valence-electron chi connectivity index (χ3n) is 3.17. The largest absolute Gasteiger partial charge is 0.472 e. The Morgan fingerprint density at radius 2 is 2.00 bits per heavy atom. The predicted molar refractivity (Wildman–Crippen MR) is 95.4 cm³/mol. The lowest BCUT2D eigenvalue weighted by molar-refractivity contribution is -0.104. The Morgan fingerprint density at radius 1 is 1.35 bits per heavy atom. The van der Waals surface area contributed by atoms with Crippen LogP contribution in [0.4, 0.5) is 5.82 Å². The first kappa shape index (κ1) is 22.8. The van der Waals surface area contributed by atoms with Crippen molar-refractivity contribution in [3.8, 4) is 0 Å². The fourth-order valence-electron chi connectivity index (χ4n) is 2.23. The van der Waals surface area contributed by atoms with E-state index in [-0.39, 0.29) is 18.3 Å². The van der Waals surface area contributed by atoms with Crippen LogP contribution in [0.2, 0.25) is 0 Å². The maximum atomic E-state index is 11.9. The molecule has 0 saturated heterocycles. The highest BCUT2D eigenvalue weighted by molar-refractivity contribution is 7.47. The molecule has 11 heteroatoms. The number of rotatable bonds is 11. The summed E-state index contributed by atoms with van der Waals surface area (Å²) in [7, 11) is -4.23. The molecule has 0 saturated carbocycles. The molecule has 4 N–H and O–H groups in total. The lowest BCUT2D eigenvalue weighted by Gasteiger charge is -2.26. The molecule has 0 aromatic carbocycles. The van der Waals surface area contributed by atoms with Crippen LogP contribution in [-0.4, -0.2) is 45.0 Å². The molecule has 0 aliphatic heterocycles. The molecule has 0 radical (unpaired) electrons. The minimum Gasteiger partial charge on any atom is -0.392 e. The normalized spacial score (nSPS) is 16.6. The van der Waals surface area contributed by atoms with Gasteiger partial charge in [-0.15, -0.1) is 0 Å². The van der Waals surface area contributed by atoms with Crippen molar-refractivity contribution in [3.05, 3.63) is 22.7 Å². The Hall–Kier alpha value is -1.29. The van der Waals surface area contributed by atoms with Gasteiger partial charge >= 0.3 is 13.5 Å². The number of aliphatic hydroxyl groups excluding tert-OH is 1. The van der Waals surface area contributed by atoms with Gasteiger partial charge in [-0.2, -0.15) is 4.98 Å². The molecular weight excluding hydrogens is 365 g/mol. The van der Waals surface area contributed by atoms with Crippen molar-refractivity contribution in [2.24, 2.45) is 5.92 Å². The molecule has 1 unspecified atom stereocenters. The van der Waals surface area contributed by atoms with E-state index in [1.165, 1.54) is 12.3 Å². The van der Waals surface area contributed by atoms with Crippen LogP contribution in [0, 0.1) is 5.92 Å². The van der Waals surface area contributed by atoms with Crippen LogP contribution in [0.5, 0.6) is 0 Å². The second kappa shape index (κ2) is 10.1. The molecule has 0 fully saturated rings. The van der Waals surface area contributed by atoms with Crippen LogP contribution in [-0.2, 0) is 18.3 Å². The molecule has 10 nitrogen and oxygen atoms in total. The fraction of sp³-hybridized carbons (Fsp3) is 0.733. The summed E-state index contributed by atoms with van der Waals surface area (Å²) in [6.07, 6.45) is -0.354. The summed E-state index contributed by atoms with van der Waals surface area (Å²) in [5.74, 6) is 0.227. The number of nitrogens with two attached hydrogens (primary N) is 1. The molecule has 150 valence electrons.